The smallest absolute Gasteiger partial charge is 0.119 e. The average Bonchev–Trinajstić information content (AvgIpc) is 2.80. The number of nitrogens with zero attached hydrogens (tertiary/aromatic N) is 2. The first-order chi connectivity index (χ1) is 9.67. The van der Waals surface area contributed by atoms with Crippen LogP contribution in [-0.4, -0.2) is 23.4 Å². The molecule has 108 valence electrons. The molecule has 1 heterocycles. The normalized spacial score (nSPS) is 12.4. The van der Waals surface area contributed by atoms with Crippen LogP contribution in [0.25, 0.3) is 0 Å². The standard InChI is InChI=1S/C15H20ClN3O/c1-4-8-17-14(15-13(16)10-18-19(15)2)11-6-5-7-12(9-11)20-3/h5-7,9-10,14,17H,4,8H2,1-3H3. The van der Waals surface area contributed by atoms with Gasteiger partial charge in [-0.25, -0.2) is 0 Å². The van der Waals surface area contributed by atoms with Crippen molar-refractivity contribution >= 4 is 11.6 Å². The van der Waals surface area contributed by atoms with E-state index in [1.807, 2.05) is 29.9 Å². The number of ether oxygens (including phenoxy) is 1. The zero-order valence-corrected chi connectivity index (χ0v) is 12.8. The van der Waals surface area contributed by atoms with Crippen molar-refractivity contribution in [2.24, 2.45) is 7.05 Å². The minimum Gasteiger partial charge on any atom is -0.497 e. The Kier molecular flexibility index (Phi) is 5.04. The van der Waals surface area contributed by atoms with Crippen LogP contribution in [0.4, 0.5) is 0 Å². The third kappa shape index (κ3) is 3.14. The summed E-state index contributed by atoms with van der Waals surface area (Å²) >= 11 is 6.29. The largest absolute Gasteiger partial charge is 0.497 e. The number of halogens is 1. The van der Waals surface area contributed by atoms with E-state index in [-0.39, 0.29) is 6.04 Å². The van der Waals surface area contributed by atoms with Gasteiger partial charge in [0.05, 0.1) is 30.1 Å². The molecule has 0 saturated carbocycles. The molecular weight excluding hydrogens is 274 g/mol. The SMILES string of the molecule is CCCNC(c1cccc(OC)c1)c1c(Cl)cnn1C. The Morgan fingerprint density at radius 2 is 2.25 bits per heavy atom. The minimum absolute atomic E-state index is 0.00468. The molecule has 5 heteroatoms. The molecule has 1 N–H and O–H groups in total. The maximum Gasteiger partial charge on any atom is 0.119 e. The lowest BCUT2D eigenvalue weighted by Gasteiger charge is -2.20. The van der Waals surface area contributed by atoms with E-state index < -0.39 is 0 Å². The summed E-state index contributed by atoms with van der Waals surface area (Å²) in [6.07, 6.45) is 2.73. The quantitative estimate of drug-likeness (QED) is 0.889. The van der Waals surface area contributed by atoms with Gasteiger partial charge in [0.2, 0.25) is 0 Å². The van der Waals surface area contributed by atoms with Crippen LogP contribution in [0.2, 0.25) is 5.02 Å². The highest BCUT2D eigenvalue weighted by atomic mass is 35.5. The van der Waals surface area contributed by atoms with Gasteiger partial charge >= 0.3 is 0 Å². The number of aromatic nitrogens is 2. The summed E-state index contributed by atoms with van der Waals surface area (Å²) in [5.74, 6) is 0.837. The van der Waals surface area contributed by atoms with Crippen molar-refractivity contribution in [2.45, 2.75) is 19.4 Å². The second-order valence-electron chi connectivity index (χ2n) is 4.67. The molecular formula is C15H20ClN3O. The van der Waals surface area contributed by atoms with Crippen molar-refractivity contribution in [2.75, 3.05) is 13.7 Å². The van der Waals surface area contributed by atoms with E-state index in [1.54, 1.807) is 13.3 Å². The summed E-state index contributed by atoms with van der Waals surface area (Å²) in [5.41, 5.74) is 2.08. The first kappa shape index (κ1) is 14.9. The van der Waals surface area contributed by atoms with Crippen LogP contribution in [0, 0.1) is 0 Å². The van der Waals surface area contributed by atoms with Crippen LogP contribution in [0.1, 0.15) is 30.6 Å². The summed E-state index contributed by atoms with van der Waals surface area (Å²) in [5, 5.41) is 8.42. The lowest BCUT2D eigenvalue weighted by atomic mass is 10.0. The van der Waals surface area contributed by atoms with E-state index in [0.29, 0.717) is 5.02 Å². The Morgan fingerprint density at radius 3 is 2.85 bits per heavy atom. The molecule has 0 bridgehead atoms. The number of nitrogens with one attached hydrogen (secondary N) is 1. The van der Waals surface area contributed by atoms with Gasteiger partial charge in [0, 0.05) is 7.05 Å². The van der Waals surface area contributed by atoms with Crippen LogP contribution in [-0.2, 0) is 7.05 Å². The predicted molar refractivity (Wildman–Crippen MR) is 81.3 cm³/mol. The summed E-state index contributed by atoms with van der Waals surface area (Å²) in [6.45, 7) is 3.05. The predicted octanol–water partition coefficient (Wildman–Crippen LogP) is 3.17. The summed E-state index contributed by atoms with van der Waals surface area (Å²) in [6, 6.07) is 8.02. The molecule has 0 radical (unpaired) electrons. The number of hydrogen-bond donors (Lipinski definition) is 1. The van der Waals surface area contributed by atoms with Crippen LogP contribution in [0.15, 0.2) is 30.5 Å². The van der Waals surface area contributed by atoms with E-state index in [4.69, 9.17) is 16.3 Å². The fourth-order valence-electron chi connectivity index (χ4n) is 2.23. The summed E-state index contributed by atoms with van der Waals surface area (Å²) in [4.78, 5) is 0. The van der Waals surface area contributed by atoms with Gasteiger partial charge in [0.25, 0.3) is 0 Å². The van der Waals surface area contributed by atoms with Gasteiger partial charge in [0.1, 0.15) is 5.75 Å². The summed E-state index contributed by atoms with van der Waals surface area (Å²) in [7, 11) is 3.58. The second-order valence-corrected chi connectivity index (χ2v) is 5.07. The number of rotatable bonds is 6. The fourth-order valence-corrected chi connectivity index (χ4v) is 2.50. The Bertz CT molecular complexity index is 548. The maximum atomic E-state index is 6.29. The highest BCUT2D eigenvalue weighted by Gasteiger charge is 2.20. The van der Waals surface area contributed by atoms with Crippen molar-refractivity contribution in [3.05, 3.63) is 46.7 Å². The molecule has 1 aromatic carbocycles. The molecule has 0 spiro atoms. The third-order valence-electron chi connectivity index (χ3n) is 3.24. The lowest BCUT2D eigenvalue weighted by molar-refractivity contribution is 0.413. The van der Waals surface area contributed by atoms with Gasteiger partial charge in [-0.15, -0.1) is 0 Å². The zero-order chi connectivity index (χ0) is 14.5. The van der Waals surface area contributed by atoms with Crippen molar-refractivity contribution < 1.29 is 4.74 Å². The van der Waals surface area contributed by atoms with Gasteiger partial charge in [-0.2, -0.15) is 5.10 Å². The summed E-state index contributed by atoms with van der Waals surface area (Å²) < 4.78 is 7.12. The molecule has 4 nitrogen and oxygen atoms in total. The molecule has 1 unspecified atom stereocenters. The molecule has 2 rings (SSSR count). The highest BCUT2D eigenvalue weighted by molar-refractivity contribution is 6.31. The molecule has 0 aliphatic heterocycles. The molecule has 0 saturated heterocycles. The first-order valence-electron chi connectivity index (χ1n) is 6.72. The Balaban J connectivity index is 2.41. The molecule has 0 fully saturated rings. The minimum atomic E-state index is 0.00468. The van der Waals surface area contributed by atoms with E-state index in [2.05, 4.69) is 23.4 Å². The zero-order valence-electron chi connectivity index (χ0n) is 12.1. The molecule has 2 aromatic rings. The Labute approximate surface area is 124 Å². The molecule has 20 heavy (non-hydrogen) atoms. The van der Waals surface area contributed by atoms with Gasteiger partial charge in [-0.05, 0) is 30.7 Å². The van der Waals surface area contributed by atoms with E-state index in [1.165, 1.54) is 0 Å². The fraction of sp³-hybridized carbons (Fsp3) is 0.400. The van der Waals surface area contributed by atoms with Crippen molar-refractivity contribution in [3.63, 3.8) is 0 Å². The monoisotopic (exact) mass is 293 g/mol. The lowest BCUT2D eigenvalue weighted by Crippen LogP contribution is -2.25. The number of hydrogen-bond acceptors (Lipinski definition) is 3. The Morgan fingerprint density at radius 1 is 1.45 bits per heavy atom. The van der Waals surface area contributed by atoms with Crippen molar-refractivity contribution in [1.82, 2.24) is 15.1 Å². The van der Waals surface area contributed by atoms with Gasteiger partial charge < -0.3 is 10.1 Å². The third-order valence-corrected chi connectivity index (χ3v) is 3.53. The molecule has 0 aliphatic rings. The van der Waals surface area contributed by atoms with Gasteiger partial charge in [-0.1, -0.05) is 30.7 Å². The molecule has 1 atom stereocenters. The highest BCUT2D eigenvalue weighted by Crippen LogP contribution is 2.29. The topological polar surface area (TPSA) is 39.1 Å². The van der Waals surface area contributed by atoms with Crippen LogP contribution >= 0.6 is 11.6 Å². The molecule has 0 amide bonds. The molecule has 0 aliphatic carbocycles. The van der Waals surface area contributed by atoms with Crippen LogP contribution < -0.4 is 10.1 Å². The number of aryl methyl sites for hydroxylation is 1. The van der Waals surface area contributed by atoms with Crippen molar-refractivity contribution in [3.8, 4) is 5.75 Å². The van der Waals surface area contributed by atoms with E-state index in [0.717, 1.165) is 30.0 Å². The van der Waals surface area contributed by atoms with Crippen molar-refractivity contribution in [1.29, 1.82) is 0 Å². The number of benzene rings is 1. The van der Waals surface area contributed by atoms with Crippen LogP contribution in [0.3, 0.4) is 0 Å². The van der Waals surface area contributed by atoms with E-state index >= 15 is 0 Å². The Hall–Kier alpha value is -1.52. The van der Waals surface area contributed by atoms with Crippen LogP contribution in [0.5, 0.6) is 5.75 Å². The maximum absolute atomic E-state index is 6.29. The van der Waals surface area contributed by atoms with Gasteiger partial charge in [-0.3, -0.25) is 4.68 Å². The van der Waals surface area contributed by atoms with E-state index in [9.17, 15) is 0 Å². The van der Waals surface area contributed by atoms with Gasteiger partial charge in [0.15, 0.2) is 0 Å². The number of methoxy groups -OCH3 is 1. The average molecular weight is 294 g/mol. The second kappa shape index (κ2) is 6.77. The molecule has 1 aromatic heterocycles. The first-order valence-corrected chi connectivity index (χ1v) is 7.10.